The number of benzene rings is 2. The average Bonchev–Trinajstić information content (AvgIpc) is 3.90. The number of anilines is 1. The SMILES string of the molecule is Cc1ccc(-n2nc(C(C)(C)C)cc2NC(=O)N[C@H]2CC[C@@H](Oc3ccc4nnc([C@]5(C(O)[Si](C(C)C)(C(C)C)C(C)C)CCCN5C)n4c3)c3ccccc32)cc1. The second-order valence-electron chi connectivity index (χ2n) is 18.8. The van der Waals surface area contributed by atoms with Gasteiger partial charge in [-0.3, -0.25) is 14.6 Å². The molecule has 1 aliphatic heterocycles. The number of likely N-dealkylation sites (N-methyl/N-ethyl adjacent to an activating group) is 1. The van der Waals surface area contributed by atoms with Crippen LogP contribution in [0, 0.1) is 6.92 Å². The summed E-state index contributed by atoms with van der Waals surface area (Å²) in [6.45, 7) is 23.2. The molecule has 2 amide bonds. The van der Waals surface area contributed by atoms with Gasteiger partial charge in [-0.25, -0.2) is 9.48 Å². The summed E-state index contributed by atoms with van der Waals surface area (Å²) >= 11 is 0. The van der Waals surface area contributed by atoms with E-state index in [9.17, 15) is 9.90 Å². The number of aromatic nitrogens is 5. The number of carbonyl (C=O) groups is 1. The monoisotopic (exact) mass is 804 g/mol. The molecule has 0 bridgehead atoms. The molecule has 0 radical (unpaired) electrons. The Kier molecular flexibility index (Phi) is 11.4. The molecule has 3 N–H and O–H groups in total. The van der Waals surface area contributed by atoms with Crippen LogP contribution in [0.5, 0.6) is 5.75 Å². The summed E-state index contributed by atoms with van der Waals surface area (Å²) in [7, 11) is -0.205. The number of likely N-dealkylation sites (tertiary alicyclic amines) is 1. The van der Waals surface area contributed by atoms with Gasteiger partial charge in [0.2, 0.25) is 0 Å². The smallest absolute Gasteiger partial charge is 0.320 e. The zero-order valence-electron chi connectivity index (χ0n) is 36.4. The standard InChI is InChI=1S/C46H64N8O3Si/c1-29(2)58(30(3)4,31(5)6)43(55)46(25-14-26-52(46)11)42-50-49-40-24-21-34(28-53(40)42)57-38-23-22-37(35-15-12-13-16-36(35)38)47-44(56)48-41-27-39(45(8,9)10)51-54(41)33-19-17-32(7)18-20-33/h12-13,15-21,24,27-31,37-38,43,55H,14,22-23,25-26H2,1-11H3,(H2,47,48,56)/t37-,38+,43?,46-/m0/s1. The van der Waals surface area contributed by atoms with E-state index in [0.29, 0.717) is 41.0 Å². The lowest BCUT2D eigenvalue weighted by atomic mass is 9.85. The van der Waals surface area contributed by atoms with Gasteiger partial charge in [0.1, 0.15) is 23.2 Å². The predicted molar refractivity (Wildman–Crippen MR) is 235 cm³/mol. The third-order valence-corrected chi connectivity index (χ3v) is 20.9. The highest BCUT2D eigenvalue weighted by Gasteiger charge is 2.61. The number of carbonyl (C=O) groups excluding carboxylic acids is 1. The summed E-state index contributed by atoms with van der Waals surface area (Å²) in [6.07, 6.45) is 5.01. The maximum absolute atomic E-state index is 13.7. The van der Waals surface area contributed by atoms with Gasteiger partial charge >= 0.3 is 6.03 Å². The highest BCUT2D eigenvalue weighted by molar-refractivity contribution is 6.84. The van der Waals surface area contributed by atoms with Crippen molar-refractivity contribution < 1.29 is 14.6 Å². The third-order valence-electron chi connectivity index (χ3n) is 13.4. The summed E-state index contributed by atoms with van der Waals surface area (Å²) < 4.78 is 10.7. The van der Waals surface area contributed by atoms with E-state index < -0.39 is 19.3 Å². The van der Waals surface area contributed by atoms with Crippen molar-refractivity contribution in [3.05, 3.63) is 101 Å². The minimum absolute atomic E-state index is 0.196. The molecule has 1 fully saturated rings. The highest BCUT2D eigenvalue weighted by Crippen LogP contribution is 2.53. The van der Waals surface area contributed by atoms with Gasteiger partial charge in [0.15, 0.2) is 11.5 Å². The van der Waals surface area contributed by atoms with E-state index in [-0.39, 0.29) is 23.6 Å². The Morgan fingerprint density at radius 2 is 1.60 bits per heavy atom. The molecule has 0 spiro atoms. The van der Waals surface area contributed by atoms with Gasteiger partial charge in [0.05, 0.1) is 37.4 Å². The number of hydrogen-bond acceptors (Lipinski definition) is 7. The number of fused-ring (bicyclic) bond motifs is 2. The van der Waals surface area contributed by atoms with E-state index >= 15 is 0 Å². The number of rotatable bonds is 11. The van der Waals surface area contributed by atoms with Crippen LogP contribution in [0.2, 0.25) is 16.6 Å². The zero-order valence-corrected chi connectivity index (χ0v) is 37.4. The van der Waals surface area contributed by atoms with Crippen molar-refractivity contribution in [2.45, 2.75) is 140 Å². The largest absolute Gasteiger partial charge is 0.484 e. The number of hydrogen-bond donors (Lipinski definition) is 3. The maximum atomic E-state index is 13.7. The molecular formula is C46H64N8O3Si. The van der Waals surface area contributed by atoms with Crippen molar-refractivity contribution >= 4 is 25.6 Å². The number of ether oxygens (including phenoxy) is 1. The number of aryl methyl sites for hydroxylation is 1. The number of aliphatic hydroxyl groups excluding tert-OH is 1. The summed E-state index contributed by atoms with van der Waals surface area (Å²) in [5, 5.41) is 33.7. The molecule has 2 aliphatic rings. The van der Waals surface area contributed by atoms with Crippen molar-refractivity contribution in [3.8, 4) is 11.4 Å². The van der Waals surface area contributed by atoms with Gasteiger partial charge in [0, 0.05) is 11.5 Å². The number of aliphatic hydroxyl groups is 1. The molecule has 58 heavy (non-hydrogen) atoms. The lowest BCUT2D eigenvalue weighted by molar-refractivity contribution is 0.0339. The normalized spacial score (nSPS) is 20.9. The van der Waals surface area contributed by atoms with Gasteiger partial charge < -0.3 is 15.2 Å². The summed E-state index contributed by atoms with van der Waals surface area (Å²) in [5.74, 6) is 2.11. The first-order chi connectivity index (χ1) is 27.5. The minimum Gasteiger partial charge on any atom is -0.484 e. The van der Waals surface area contributed by atoms with Crippen LogP contribution in [-0.4, -0.2) is 67.8 Å². The highest BCUT2D eigenvalue weighted by atomic mass is 28.3. The summed E-state index contributed by atoms with van der Waals surface area (Å²) in [6, 6.07) is 21.8. The van der Waals surface area contributed by atoms with Crippen LogP contribution >= 0.6 is 0 Å². The van der Waals surface area contributed by atoms with Crippen molar-refractivity contribution in [2.24, 2.45) is 0 Å². The molecule has 1 saturated heterocycles. The Morgan fingerprint density at radius 3 is 2.22 bits per heavy atom. The lowest BCUT2D eigenvalue weighted by Crippen LogP contribution is -2.66. The molecule has 11 nitrogen and oxygen atoms in total. The fourth-order valence-corrected chi connectivity index (χ4v) is 17.8. The topological polar surface area (TPSA) is 122 Å². The van der Waals surface area contributed by atoms with Crippen LogP contribution in [0.3, 0.4) is 0 Å². The number of nitrogens with zero attached hydrogens (tertiary/aromatic N) is 6. The summed E-state index contributed by atoms with van der Waals surface area (Å²) in [5.41, 5.74) is 5.49. The first-order valence-electron chi connectivity index (χ1n) is 21.2. The molecule has 4 atom stereocenters. The number of pyridine rings is 1. The molecule has 0 saturated carbocycles. The van der Waals surface area contributed by atoms with E-state index in [1.807, 2.05) is 60.8 Å². The zero-order chi connectivity index (χ0) is 41.7. The Morgan fingerprint density at radius 1 is 0.931 bits per heavy atom. The maximum Gasteiger partial charge on any atom is 0.320 e. The van der Waals surface area contributed by atoms with Crippen LogP contribution in [0.15, 0.2) is 72.9 Å². The third kappa shape index (κ3) is 7.25. The van der Waals surface area contributed by atoms with Crippen LogP contribution in [0.25, 0.3) is 11.3 Å². The van der Waals surface area contributed by atoms with E-state index in [1.54, 1.807) is 4.68 Å². The first-order valence-corrected chi connectivity index (χ1v) is 23.5. The van der Waals surface area contributed by atoms with Gasteiger partial charge in [-0.05, 0) is 98.2 Å². The van der Waals surface area contributed by atoms with Crippen molar-refractivity contribution in [1.29, 1.82) is 0 Å². The van der Waals surface area contributed by atoms with Crippen LogP contribution < -0.4 is 15.4 Å². The second kappa shape index (κ2) is 15.9. The number of urea groups is 1. The average molecular weight is 805 g/mol. The molecule has 7 rings (SSSR count). The lowest BCUT2D eigenvalue weighted by Gasteiger charge is -2.53. The number of nitrogens with one attached hydrogen (secondary N) is 2. The molecule has 3 aromatic heterocycles. The first kappa shape index (κ1) is 41.6. The fourth-order valence-electron chi connectivity index (χ4n) is 10.5. The summed E-state index contributed by atoms with van der Waals surface area (Å²) in [4.78, 5) is 16.1. The molecule has 4 heterocycles. The molecule has 12 heteroatoms. The fraction of sp³-hybridized carbons (Fsp3) is 0.522. The number of amides is 2. The van der Waals surface area contributed by atoms with Crippen LogP contribution in [-0.2, 0) is 11.0 Å². The molecule has 310 valence electrons. The van der Waals surface area contributed by atoms with Crippen molar-refractivity contribution in [2.75, 3.05) is 18.9 Å². The van der Waals surface area contributed by atoms with Crippen LogP contribution in [0.4, 0.5) is 10.6 Å². The quantitative estimate of drug-likeness (QED) is 0.114. The van der Waals surface area contributed by atoms with Gasteiger partial charge in [-0.1, -0.05) is 104 Å². The van der Waals surface area contributed by atoms with Gasteiger partial charge in [0.25, 0.3) is 0 Å². The Labute approximate surface area is 345 Å². The van der Waals surface area contributed by atoms with Crippen LogP contribution in [0.1, 0.15) is 128 Å². The molecule has 1 aliphatic carbocycles. The molecule has 1 unspecified atom stereocenters. The van der Waals surface area contributed by atoms with Gasteiger partial charge in [-0.15, -0.1) is 10.2 Å². The van der Waals surface area contributed by atoms with E-state index in [0.717, 1.165) is 58.9 Å². The van der Waals surface area contributed by atoms with Crippen molar-refractivity contribution in [1.82, 2.24) is 34.6 Å². The second-order valence-corrected chi connectivity index (χ2v) is 24.8. The molecule has 2 aromatic carbocycles. The Bertz CT molecular complexity index is 2220. The predicted octanol–water partition coefficient (Wildman–Crippen LogP) is 9.80. The minimum atomic E-state index is -2.35. The Balaban J connectivity index is 1.15. The van der Waals surface area contributed by atoms with E-state index in [2.05, 4.69) is 113 Å². The van der Waals surface area contributed by atoms with Crippen molar-refractivity contribution in [3.63, 3.8) is 0 Å². The van der Waals surface area contributed by atoms with E-state index in [4.69, 9.17) is 14.9 Å². The van der Waals surface area contributed by atoms with E-state index in [1.165, 1.54) is 0 Å². The van der Waals surface area contributed by atoms with Gasteiger partial charge in [-0.2, -0.15) is 5.10 Å². The Hall–Kier alpha value is -4.52. The molecule has 5 aromatic rings. The molecular weight excluding hydrogens is 741 g/mol.